The molecule has 0 spiro atoms. The number of rotatable bonds is 7. The zero-order chi connectivity index (χ0) is 24.9. The van der Waals surface area contributed by atoms with Gasteiger partial charge >= 0.3 is 12.5 Å². The third-order valence-corrected chi connectivity index (χ3v) is 6.13. The van der Waals surface area contributed by atoms with Crippen molar-refractivity contribution in [3.05, 3.63) is 67.1 Å². The van der Waals surface area contributed by atoms with Gasteiger partial charge in [-0.1, -0.05) is 12.1 Å². The summed E-state index contributed by atoms with van der Waals surface area (Å²) in [4.78, 5) is 39.2. The van der Waals surface area contributed by atoms with Crippen LogP contribution < -0.4 is 15.5 Å². The summed E-state index contributed by atoms with van der Waals surface area (Å²) in [6.45, 7) is 6.04. The molecular formula is C26H27N7O3. The number of piperazine rings is 1. The molecule has 2 N–H and O–H groups in total. The molecule has 0 unspecified atom stereocenters. The Bertz CT molecular complexity index is 1360. The largest absolute Gasteiger partial charge is 0.355 e. The first-order valence-electron chi connectivity index (χ1n) is 11.8. The summed E-state index contributed by atoms with van der Waals surface area (Å²) in [7, 11) is 0. The van der Waals surface area contributed by atoms with Crippen LogP contribution in [0.2, 0.25) is 0 Å². The molecule has 0 saturated carbocycles. The molecule has 1 saturated heterocycles. The van der Waals surface area contributed by atoms with Crippen LogP contribution >= 0.6 is 0 Å². The lowest BCUT2D eigenvalue weighted by Gasteiger charge is -2.28. The SMILES string of the molecule is CCN(OC=O)C(=O)Nc1cccc(-c2cnc3cc(-c4ccc(N5CCNCC5)nc4)ccn23)c1. The van der Waals surface area contributed by atoms with Crippen molar-refractivity contribution in [1.82, 2.24) is 24.7 Å². The fourth-order valence-electron chi connectivity index (χ4n) is 4.27. The van der Waals surface area contributed by atoms with Gasteiger partial charge in [-0.15, -0.1) is 0 Å². The van der Waals surface area contributed by atoms with Crippen LogP contribution in [0.5, 0.6) is 0 Å². The predicted octanol–water partition coefficient (Wildman–Crippen LogP) is 3.41. The number of amides is 2. The lowest BCUT2D eigenvalue weighted by molar-refractivity contribution is -0.158. The average molecular weight is 486 g/mol. The number of benzene rings is 1. The van der Waals surface area contributed by atoms with Crippen LogP contribution in [0.1, 0.15) is 6.92 Å². The van der Waals surface area contributed by atoms with Gasteiger partial charge in [-0.05, 0) is 48.9 Å². The fraction of sp³-hybridized carbons (Fsp3) is 0.231. The minimum absolute atomic E-state index is 0.225. The van der Waals surface area contributed by atoms with Crippen LogP contribution in [0.25, 0.3) is 28.0 Å². The molecule has 4 heterocycles. The molecule has 1 fully saturated rings. The Balaban J connectivity index is 1.36. The Morgan fingerprint density at radius 1 is 1.08 bits per heavy atom. The number of nitrogens with zero attached hydrogens (tertiary/aromatic N) is 5. The summed E-state index contributed by atoms with van der Waals surface area (Å²) >= 11 is 0. The first-order valence-corrected chi connectivity index (χ1v) is 11.8. The first kappa shape index (κ1) is 23.3. The quantitative estimate of drug-likeness (QED) is 0.305. The summed E-state index contributed by atoms with van der Waals surface area (Å²) < 4.78 is 2.00. The van der Waals surface area contributed by atoms with Crippen molar-refractivity contribution in [2.45, 2.75) is 6.92 Å². The Morgan fingerprint density at radius 3 is 2.69 bits per heavy atom. The van der Waals surface area contributed by atoms with Crippen molar-refractivity contribution in [1.29, 1.82) is 0 Å². The second-order valence-electron chi connectivity index (χ2n) is 8.34. The summed E-state index contributed by atoms with van der Waals surface area (Å²) in [5.74, 6) is 0.996. The number of urea groups is 1. The predicted molar refractivity (Wildman–Crippen MR) is 137 cm³/mol. The zero-order valence-electron chi connectivity index (χ0n) is 19.9. The number of aromatic nitrogens is 3. The van der Waals surface area contributed by atoms with Gasteiger partial charge in [0.25, 0.3) is 0 Å². The van der Waals surface area contributed by atoms with Gasteiger partial charge < -0.3 is 20.4 Å². The standard InChI is InChI=1S/C26H27N7O3/c1-2-33(36-18-34)26(35)30-22-5-3-4-20(14-22)23-17-29-25-15-19(8-11-32(23)25)21-6-7-24(28-16-21)31-12-9-27-10-13-31/h3-8,11,14-18,27H,2,9-10,12-13H2,1H3,(H,30,35). The minimum Gasteiger partial charge on any atom is -0.354 e. The molecule has 1 aromatic carbocycles. The van der Waals surface area contributed by atoms with Crippen LogP contribution in [-0.4, -0.2) is 64.7 Å². The van der Waals surface area contributed by atoms with E-state index in [2.05, 4.69) is 42.5 Å². The highest BCUT2D eigenvalue weighted by Crippen LogP contribution is 2.27. The zero-order valence-corrected chi connectivity index (χ0v) is 19.9. The molecule has 3 aromatic heterocycles. The van der Waals surface area contributed by atoms with E-state index in [1.54, 1.807) is 19.2 Å². The minimum atomic E-state index is -0.527. The topological polar surface area (TPSA) is 104 Å². The second kappa shape index (κ2) is 10.4. The maximum absolute atomic E-state index is 12.3. The van der Waals surface area contributed by atoms with Crippen molar-refractivity contribution in [3.63, 3.8) is 0 Å². The third kappa shape index (κ3) is 4.84. The molecule has 0 bridgehead atoms. The summed E-state index contributed by atoms with van der Waals surface area (Å²) in [6.07, 6.45) is 5.70. The maximum Gasteiger partial charge on any atom is 0.355 e. The van der Waals surface area contributed by atoms with Gasteiger partial charge in [0.05, 0.1) is 18.4 Å². The third-order valence-electron chi connectivity index (χ3n) is 6.13. The lowest BCUT2D eigenvalue weighted by atomic mass is 10.1. The van der Waals surface area contributed by atoms with E-state index in [0.29, 0.717) is 5.69 Å². The number of anilines is 2. The summed E-state index contributed by atoms with van der Waals surface area (Å²) in [6, 6.07) is 15.1. The molecule has 36 heavy (non-hydrogen) atoms. The molecule has 0 aliphatic carbocycles. The van der Waals surface area contributed by atoms with Crippen LogP contribution in [0, 0.1) is 0 Å². The van der Waals surface area contributed by atoms with E-state index in [4.69, 9.17) is 0 Å². The number of carbonyl (C=O) groups excluding carboxylic acids is 2. The van der Waals surface area contributed by atoms with E-state index in [9.17, 15) is 9.59 Å². The molecular weight excluding hydrogens is 458 g/mol. The van der Waals surface area contributed by atoms with Crippen molar-refractivity contribution in [3.8, 4) is 22.4 Å². The van der Waals surface area contributed by atoms with Crippen LogP contribution in [-0.2, 0) is 9.63 Å². The fourth-order valence-corrected chi connectivity index (χ4v) is 4.27. The number of fused-ring (bicyclic) bond motifs is 1. The van der Waals surface area contributed by atoms with Gasteiger partial charge in [0.15, 0.2) is 0 Å². The van der Waals surface area contributed by atoms with E-state index >= 15 is 0 Å². The van der Waals surface area contributed by atoms with Crippen LogP contribution in [0.15, 0.2) is 67.1 Å². The van der Waals surface area contributed by atoms with Crippen molar-refractivity contribution in [2.24, 2.45) is 0 Å². The molecule has 0 radical (unpaired) electrons. The number of imidazole rings is 1. The van der Waals surface area contributed by atoms with E-state index in [1.165, 1.54) is 0 Å². The van der Waals surface area contributed by atoms with E-state index in [1.807, 2.05) is 47.1 Å². The number of nitrogens with one attached hydrogen (secondary N) is 2. The molecule has 0 atom stereocenters. The molecule has 5 rings (SSSR count). The van der Waals surface area contributed by atoms with Gasteiger partial charge in [0, 0.05) is 55.4 Å². The Labute approximate surface area is 208 Å². The molecule has 1 aliphatic rings. The second-order valence-corrected chi connectivity index (χ2v) is 8.34. The molecule has 10 nitrogen and oxygen atoms in total. The first-order chi connectivity index (χ1) is 17.7. The van der Waals surface area contributed by atoms with Crippen LogP contribution in [0.3, 0.4) is 0 Å². The van der Waals surface area contributed by atoms with Gasteiger partial charge in [-0.25, -0.2) is 14.8 Å². The number of hydroxylamine groups is 2. The Morgan fingerprint density at radius 2 is 1.94 bits per heavy atom. The smallest absolute Gasteiger partial charge is 0.354 e. The maximum atomic E-state index is 12.3. The Kier molecular flexibility index (Phi) is 6.76. The van der Waals surface area contributed by atoms with Gasteiger partial charge in [0.2, 0.25) is 0 Å². The highest BCUT2D eigenvalue weighted by atomic mass is 16.7. The molecule has 2 amide bonds. The average Bonchev–Trinajstić information content (AvgIpc) is 3.36. The van der Waals surface area contributed by atoms with Gasteiger partial charge in [-0.3, -0.25) is 9.20 Å². The molecule has 1 aliphatic heterocycles. The normalized spacial score (nSPS) is 13.4. The molecule has 4 aromatic rings. The van der Waals surface area contributed by atoms with E-state index < -0.39 is 6.03 Å². The number of carbonyl (C=O) groups is 2. The highest BCUT2D eigenvalue weighted by molar-refractivity contribution is 5.89. The summed E-state index contributed by atoms with van der Waals surface area (Å²) in [5.41, 5.74) is 5.22. The van der Waals surface area contributed by atoms with E-state index in [-0.39, 0.29) is 13.0 Å². The van der Waals surface area contributed by atoms with Gasteiger partial charge in [-0.2, -0.15) is 5.06 Å². The van der Waals surface area contributed by atoms with Crippen molar-refractivity contribution in [2.75, 3.05) is 42.9 Å². The molecule has 184 valence electrons. The number of hydrogen-bond donors (Lipinski definition) is 2. The number of hydrogen-bond acceptors (Lipinski definition) is 7. The Hall–Kier alpha value is -4.44. The highest BCUT2D eigenvalue weighted by Gasteiger charge is 2.15. The van der Waals surface area contributed by atoms with E-state index in [0.717, 1.165) is 65.1 Å². The van der Waals surface area contributed by atoms with Crippen molar-refractivity contribution >= 4 is 29.7 Å². The van der Waals surface area contributed by atoms with Crippen LogP contribution in [0.4, 0.5) is 16.3 Å². The summed E-state index contributed by atoms with van der Waals surface area (Å²) in [5, 5.41) is 7.05. The monoisotopic (exact) mass is 485 g/mol. The number of pyridine rings is 2. The van der Waals surface area contributed by atoms with Gasteiger partial charge in [0.1, 0.15) is 11.5 Å². The lowest BCUT2D eigenvalue weighted by Crippen LogP contribution is -2.43. The van der Waals surface area contributed by atoms with Crippen molar-refractivity contribution < 1.29 is 14.4 Å². The molecule has 10 heteroatoms.